The van der Waals surface area contributed by atoms with Crippen molar-refractivity contribution in [2.45, 2.75) is 19.8 Å². The number of anilines is 2. The van der Waals surface area contributed by atoms with E-state index in [1.807, 2.05) is 36.1 Å². The van der Waals surface area contributed by atoms with Gasteiger partial charge in [0.1, 0.15) is 5.69 Å². The summed E-state index contributed by atoms with van der Waals surface area (Å²) in [5.41, 5.74) is 3.33. The Hall–Kier alpha value is -2.07. The fraction of sp³-hybridized carbons (Fsp3) is 0.294. The standard InChI is InChI=1S/C17H18ClN3O/c1-12-4-5-13(18)10-15(12)20-14-6-7-19-16(11-14)17(22)21-8-2-3-9-21/h4-7,10-11H,2-3,8-9H2,1H3,(H,19,20). The van der Waals surface area contributed by atoms with Crippen LogP contribution in [0.25, 0.3) is 0 Å². The predicted octanol–water partition coefficient (Wildman–Crippen LogP) is 4.02. The van der Waals surface area contributed by atoms with Crippen molar-refractivity contribution in [2.75, 3.05) is 18.4 Å². The van der Waals surface area contributed by atoms with Crippen molar-refractivity contribution in [3.63, 3.8) is 0 Å². The first-order chi connectivity index (χ1) is 10.6. The molecule has 4 nitrogen and oxygen atoms in total. The zero-order valence-electron chi connectivity index (χ0n) is 12.5. The van der Waals surface area contributed by atoms with Gasteiger partial charge in [-0.1, -0.05) is 17.7 Å². The normalized spacial score (nSPS) is 14.2. The number of nitrogens with one attached hydrogen (secondary N) is 1. The molecule has 3 rings (SSSR count). The van der Waals surface area contributed by atoms with Crippen molar-refractivity contribution in [2.24, 2.45) is 0 Å². The van der Waals surface area contributed by atoms with Crippen LogP contribution >= 0.6 is 11.6 Å². The Morgan fingerprint density at radius 1 is 1.23 bits per heavy atom. The van der Waals surface area contributed by atoms with Gasteiger partial charge in [0.05, 0.1) is 0 Å². The number of nitrogens with zero attached hydrogens (tertiary/aromatic N) is 2. The number of carbonyl (C=O) groups excluding carboxylic acids is 1. The Kier molecular flexibility index (Phi) is 4.29. The number of halogens is 1. The highest BCUT2D eigenvalue weighted by Crippen LogP contribution is 2.24. The van der Waals surface area contributed by atoms with Crippen LogP contribution in [0.1, 0.15) is 28.9 Å². The van der Waals surface area contributed by atoms with E-state index in [-0.39, 0.29) is 5.91 Å². The fourth-order valence-corrected chi connectivity index (χ4v) is 2.76. The van der Waals surface area contributed by atoms with Crippen LogP contribution < -0.4 is 5.32 Å². The molecule has 1 saturated heterocycles. The van der Waals surface area contributed by atoms with Gasteiger partial charge in [0.25, 0.3) is 5.91 Å². The molecule has 1 fully saturated rings. The molecule has 0 spiro atoms. The molecule has 0 unspecified atom stereocenters. The van der Waals surface area contributed by atoms with Gasteiger partial charge < -0.3 is 10.2 Å². The molecule has 1 amide bonds. The van der Waals surface area contributed by atoms with E-state index in [0.29, 0.717) is 10.7 Å². The second-order valence-electron chi connectivity index (χ2n) is 5.51. The minimum atomic E-state index is 0.00367. The molecule has 2 heterocycles. The van der Waals surface area contributed by atoms with Crippen LogP contribution in [-0.4, -0.2) is 28.9 Å². The van der Waals surface area contributed by atoms with Gasteiger partial charge in [-0.3, -0.25) is 9.78 Å². The van der Waals surface area contributed by atoms with Crippen molar-refractivity contribution >= 4 is 28.9 Å². The third kappa shape index (κ3) is 3.22. The number of pyridine rings is 1. The van der Waals surface area contributed by atoms with E-state index in [4.69, 9.17) is 11.6 Å². The molecule has 1 aliphatic heterocycles. The zero-order valence-corrected chi connectivity index (χ0v) is 13.2. The average molecular weight is 316 g/mol. The van der Waals surface area contributed by atoms with Gasteiger partial charge >= 0.3 is 0 Å². The van der Waals surface area contributed by atoms with E-state index < -0.39 is 0 Å². The maximum absolute atomic E-state index is 12.4. The van der Waals surface area contributed by atoms with Crippen molar-refractivity contribution in [3.05, 3.63) is 52.8 Å². The van der Waals surface area contributed by atoms with Crippen LogP contribution in [0.5, 0.6) is 0 Å². The highest BCUT2D eigenvalue weighted by molar-refractivity contribution is 6.30. The number of rotatable bonds is 3. The monoisotopic (exact) mass is 315 g/mol. The van der Waals surface area contributed by atoms with E-state index in [1.54, 1.807) is 12.3 Å². The third-order valence-corrected chi connectivity index (χ3v) is 4.09. The van der Waals surface area contributed by atoms with E-state index in [0.717, 1.165) is 42.9 Å². The number of hydrogen-bond acceptors (Lipinski definition) is 3. The van der Waals surface area contributed by atoms with Gasteiger partial charge in [-0.05, 0) is 49.6 Å². The third-order valence-electron chi connectivity index (χ3n) is 3.85. The first kappa shape index (κ1) is 14.9. The smallest absolute Gasteiger partial charge is 0.272 e. The minimum absolute atomic E-state index is 0.00367. The molecular weight excluding hydrogens is 298 g/mol. The molecule has 22 heavy (non-hydrogen) atoms. The van der Waals surface area contributed by atoms with E-state index >= 15 is 0 Å². The first-order valence-corrected chi connectivity index (χ1v) is 7.80. The second kappa shape index (κ2) is 6.36. The van der Waals surface area contributed by atoms with Crippen LogP contribution in [0.4, 0.5) is 11.4 Å². The lowest BCUT2D eigenvalue weighted by Crippen LogP contribution is -2.28. The van der Waals surface area contributed by atoms with E-state index in [2.05, 4.69) is 10.3 Å². The van der Waals surface area contributed by atoms with Gasteiger partial charge in [-0.2, -0.15) is 0 Å². The summed E-state index contributed by atoms with van der Waals surface area (Å²) >= 11 is 6.04. The van der Waals surface area contributed by atoms with Crippen LogP contribution in [0, 0.1) is 6.92 Å². The quantitative estimate of drug-likeness (QED) is 0.930. The maximum Gasteiger partial charge on any atom is 0.272 e. The highest BCUT2D eigenvalue weighted by atomic mass is 35.5. The molecule has 2 aromatic rings. The number of benzene rings is 1. The summed E-state index contributed by atoms with van der Waals surface area (Å²) in [6, 6.07) is 9.33. The number of aryl methyl sites for hydroxylation is 1. The van der Waals surface area contributed by atoms with Crippen LogP contribution in [0.2, 0.25) is 5.02 Å². The largest absolute Gasteiger partial charge is 0.355 e. The summed E-state index contributed by atoms with van der Waals surface area (Å²) in [7, 11) is 0. The lowest BCUT2D eigenvalue weighted by molar-refractivity contribution is 0.0787. The molecule has 1 aliphatic rings. The van der Waals surface area contributed by atoms with Crippen LogP contribution in [-0.2, 0) is 0 Å². The molecule has 1 N–H and O–H groups in total. The van der Waals surface area contributed by atoms with Crippen LogP contribution in [0.3, 0.4) is 0 Å². The van der Waals surface area contributed by atoms with Crippen molar-refractivity contribution in [3.8, 4) is 0 Å². The van der Waals surface area contributed by atoms with Gasteiger partial charge in [0.15, 0.2) is 0 Å². The number of hydrogen-bond donors (Lipinski definition) is 1. The molecule has 114 valence electrons. The number of amides is 1. The molecule has 0 aliphatic carbocycles. The first-order valence-electron chi connectivity index (χ1n) is 7.42. The molecular formula is C17H18ClN3O. The topological polar surface area (TPSA) is 45.2 Å². The fourth-order valence-electron chi connectivity index (χ4n) is 2.59. The van der Waals surface area contributed by atoms with Crippen molar-refractivity contribution < 1.29 is 4.79 Å². The van der Waals surface area contributed by atoms with Crippen LogP contribution in [0.15, 0.2) is 36.5 Å². The molecule has 0 radical (unpaired) electrons. The highest BCUT2D eigenvalue weighted by Gasteiger charge is 2.20. The van der Waals surface area contributed by atoms with E-state index in [9.17, 15) is 4.79 Å². The molecule has 0 atom stereocenters. The lowest BCUT2D eigenvalue weighted by atomic mass is 10.2. The Morgan fingerprint density at radius 2 is 2.00 bits per heavy atom. The van der Waals surface area contributed by atoms with Gasteiger partial charge in [0.2, 0.25) is 0 Å². The molecule has 0 bridgehead atoms. The summed E-state index contributed by atoms with van der Waals surface area (Å²) in [5.74, 6) is 0.00367. The molecule has 1 aromatic heterocycles. The van der Waals surface area contributed by atoms with Gasteiger partial charge in [0, 0.05) is 35.7 Å². The number of likely N-dealkylation sites (tertiary alicyclic amines) is 1. The lowest BCUT2D eigenvalue weighted by Gasteiger charge is -2.15. The second-order valence-corrected chi connectivity index (χ2v) is 5.95. The van der Waals surface area contributed by atoms with Crippen molar-refractivity contribution in [1.29, 1.82) is 0 Å². The Bertz CT molecular complexity index is 696. The zero-order chi connectivity index (χ0) is 15.5. The summed E-state index contributed by atoms with van der Waals surface area (Å²) in [5, 5.41) is 3.98. The van der Waals surface area contributed by atoms with Gasteiger partial charge in [-0.25, -0.2) is 0 Å². The summed E-state index contributed by atoms with van der Waals surface area (Å²) < 4.78 is 0. The van der Waals surface area contributed by atoms with Gasteiger partial charge in [-0.15, -0.1) is 0 Å². The Balaban J connectivity index is 1.81. The average Bonchev–Trinajstić information content (AvgIpc) is 3.05. The summed E-state index contributed by atoms with van der Waals surface area (Å²) in [4.78, 5) is 18.5. The minimum Gasteiger partial charge on any atom is -0.355 e. The SMILES string of the molecule is Cc1ccc(Cl)cc1Nc1ccnc(C(=O)N2CCCC2)c1. The summed E-state index contributed by atoms with van der Waals surface area (Å²) in [6.45, 7) is 3.66. The number of aromatic nitrogens is 1. The molecule has 5 heteroatoms. The summed E-state index contributed by atoms with van der Waals surface area (Å²) in [6.07, 6.45) is 3.81. The Morgan fingerprint density at radius 3 is 2.77 bits per heavy atom. The van der Waals surface area contributed by atoms with Crippen molar-refractivity contribution in [1.82, 2.24) is 9.88 Å². The Labute approximate surface area is 135 Å². The predicted molar refractivity (Wildman–Crippen MR) is 88.8 cm³/mol. The van der Waals surface area contributed by atoms with E-state index in [1.165, 1.54) is 0 Å². The molecule has 0 saturated carbocycles. The molecule has 1 aromatic carbocycles. The number of carbonyl (C=O) groups is 1. The maximum atomic E-state index is 12.4.